The lowest BCUT2D eigenvalue weighted by Crippen LogP contribution is -2.53. The van der Waals surface area contributed by atoms with Gasteiger partial charge in [-0.05, 0) is 26.0 Å². The molecule has 0 aliphatic carbocycles. The number of benzene rings is 1. The van der Waals surface area contributed by atoms with Gasteiger partial charge in [0.1, 0.15) is 12.1 Å². The van der Waals surface area contributed by atoms with E-state index in [1.165, 1.54) is 21.3 Å². The van der Waals surface area contributed by atoms with Crippen molar-refractivity contribution in [2.45, 2.75) is 24.3 Å². The van der Waals surface area contributed by atoms with Crippen molar-refractivity contribution in [3.63, 3.8) is 0 Å². The van der Waals surface area contributed by atoms with Crippen LogP contribution in [0, 0.1) is 10.1 Å². The number of nitrogens with one attached hydrogen (secondary N) is 1. The minimum atomic E-state index is -3.86. The molecular weight excluding hydrogens is 418 g/mol. The van der Waals surface area contributed by atoms with Crippen molar-refractivity contribution in [3.8, 4) is 0 Å². The lowest BCUT2D eigenvalue weighted by molar-refractivity contribution is -0.384. The molecule has 2 saturated heterocycles. The van der Waals surface area contributed by atoms with Gasteiger partial charge in [0.2, 0.25) is 15.9 Å². The lowest BCUT2D eigenvalue weighted by atomic mass is 10.1. The van der Waals surface area contributed by atoms with E-state index in [1.807, 2.05) is 0 Å². The first-order valence-corrected chi connectivity index (χ1v) is 10.5. The third-order valence-electron chi connectivity index (χ3n) is 5.01. The summed E-state index contributed by atoms with van der Waals surface area (Å²) in [4.78, 5) is 48.9. The van der Waals surface area contributed by atoms with E-state index < -0.39 is 44.9 Å². The van der Waals surface area contributed by atoms with Gasteiger partial charge >= 0.3 is 6.03 Å². The molecule has 1 aromatic rings. The molecule has 2 heterocycles. The fourth-order valence-electron chi connectivity index (χ4n) is 3.26. The molecule has 0 bridgehead atoms. The SMILES string of the molecule is CC1(C)NC(=O)N(CC(=O)N2CCN(S(=O)(=O)c3ccc([N+](=O)[O-])cc3)CC2)C1=O. The number of nitro groups is 1. The minimum absolute atomic E-state index is 0.0245. The van der Waals surface area contributed by atoms with E-state index in [-0.39, 0.29) is 36.8 Å². The van der Waals surface area contributed by atoms with Crippen LogP contribution in [-0.2, 0) is 19.6 Å². The van der Waals surface area contributed by atoms with E-state index in [4.69, 9.17) is 0 Å². The zero-order valence-electron chi connectivity index (χ0n) is 16.4. The number of nitro benzene ring substituents is 1. The van der Waals surface area contributed by atoms with Crippen LogP contribution >= 0.6 is 0 Å². The minimum Gasteiger partial charge on any atom is -0.338 e. The molecule has 1 N–H and O–H groups in total. The van der Waals surface area contributed by atoms with Gasteiger partial charge in [-0.15, -0.1) is 0 Å². The highest BCUT2D eigenvalue weighted by molar-refractivity contribution is 7.89. The first kappa shape index (κ1) is 21.6. The van der Waals surface area contributed by atoms with Crippen LogP contribution in [0.15, 0.2) is 29.2 Å². The van der Waals surface area contributed by atoms with Gasteiger partial charge in [-0.3, -0.25) is 24.6 Å². The summed E-state index contributed by atoms with van der Waals surface area (Å²) in [6.45, 7) is 2.91. The zero-order chi connectivity index (χ0) is 22.3. The lowest BCUT2D eigenvalue weighted by Gasteiger charge is -2.34. The smallest absolute Gasteiger partial charge is 0.325 e. The number of nitrogens with zero attached hydrogens (tertiary/aromatic N) is 4. The molecule has 3 rings (SSSR count). The summed E-state index contributed by atoms with van der Waals surface area (Å²) in [6, 6.07) is 3.94. The van der Waals surface area contributed by atoms with Gasteiger partial charge in [0.25, 0.3) is 11.6 Å². The molecule has 2 aliphatic heterocycles. The molecule has 0 spiro atoms. The quantitative estimate of drug-likeness (QED) is 0.378. The van der Waals surface area contributed by atoms with E-state index in [1.54, 1.807) is 13.8 Å². The van der Waals surface area contributed by atoms with Crippen LogP contribution in [0.3, 0.4) is 0 Å². The molecule has 0 aromatic heterocycles. The summed E-state index contributed by atoms with van der Waals surface area (Å²) in [7, 11) is -3.86. The second kappa shape index (κ2) is 7.65. The van der Waals surface area contributed by atoms with Crippen molar-refractivity contribution in [1.29, 1.82) is 0 Å². The number of piperazine rings is 1. The van der Waals surface area contributed by atoms with Crippen LogP contribution in [0.25, 0.3) is 0 Å². The summed E-state index contributed by atoms with van der Waals surface area (Å²) in [6.07, 6.45) is 0. The average Bonchev–Trinajstić information content (AvgIpc) is 2.89. The van der Waals surface area contributed by atoms with Crippen LogP contribution in [-0.4, -0.2) is 83.6 Å². The van der Waals surface area contributed by atoms with E-state index >= 15 is 0 Å². The number of carbonyl (C=O) groups excluding carboxylic acids is 3. The second-order valence-electron chi connectivity index (χ2n) is 7.48. The number of carbonyl (C=O) groups is 3. The van der Waals surface area contributed by atoms with Gasteiger partial charge < -0.3 is 10.2 Å². The van der Waals surface area contributed by atoms with Crippen molar-refractivity contribution < 1.29 is 27.7 Å². The molecule has 0 radical (unpaired) electrons. The molecule has 13 heteroatoms. The molecule has 2 fully saturated rings. The first-order valence-electron chi connectivity index (χ1n) is 9.10. The number of imide groups is 1. The maximum absolute atomic E-state index is 12.7. The van der Waals surface area contributed by atoms with Crippen molar-refractivity contribution in [2.75, 3.05) is 32.7 Å². The number of urea groups is 1. The Morgan fingerprint density at radius 3 is 2.17 bits per heavy atom. The molecule has 4 amide bonds. The second-order valence-corrected chi connectivity index (χ2v) is 9.42. The van der Waals surface area contributed by atoms with Gasteiger partial charge in [-0.25, -0.2) is 13.2 Å². The number of hydrogen-bond acceptors (Lipinski definition) is 7. The van der Waals surface area contributed by atoms with Crippen LogP contribution in [0.1, 0.15) is 13.8 Å². The van der Waals surface area contributed by atoms with Crippen LogP contribution < -0.4 is 5.32 Å². The normalized spacial score (nSPS) is 19.7. The molecule has 2 aliphatic rings. The Hall–Kier alpha value is -3.06. The summed E-state index contributed by atoms with van der Waals surface area (Å²) in [5.41, 5.74) is -1.29. The number of rotatable bonds is 5. The van der Waals surface area contributed by atoms with Gasteiger partial charge in [-0.1, -0.05) is 0 Å². The number of non-ortho nitro benzene ring substituents is 1. The molecule has 30 heavy (non-hydrogen) atoms. The van der Waals surface area contributed by atoms with Gasteiger partial charge in [0.15, 0.2) is 0 Å². The van der Waals surface area contributed by atoms with Gasteiger partial charge in [0.05, 0.1) is 9.82 Å². The van der Waals surface area contributed by atoms with Gasteiger partial charge in [-0.2, -0.15) is 4.31 Å². The zero-order valence-corrected chi connectivity index (χ0v) is 17.2. The standard InChI is InChI=1S/C17H21N5O7S/c1-17(2)15(24)21(16(25)18-17)11-14(23)19-7-9-20(10-8-19)30(28,29)13-5-3-12(4-6-13)22(26)27/h3-6H,7-11H2,1-2H3,(H,18,25). The summed E-state index contributed by atoms with van der Waals surface area (Å²) in [5.74, 6) is -0.955. The van der Waals surface area contributed by atoms with Crippen LogP contribution in [0.5, 0.6) is 0 Å². The van der Waals surface area contributed by atoms with Crippen molar-refractivity contribution in [3.05, 3.63) is 34.4 Å². The number of hydrogen-bond donors (Lipinski definition) is 1. The highest BCUT2D eigenvalue weighted by atomic mass is 32.2. The maximum atomic E-state index is 12.7. The Labute approximate surface area is 172 Å². The highest BCUT2D eigenvalue weighted by Gasteiger charge is 2.45. The largest absolute Gasteiger partial charge is 0.338 e. The third kappa shape index (κ3) is 3.98. The Bertz CT molecular complexity index is 998. The van der Waals surface area contributed by atoms with E-state index in [2.05, 4.69) is 5.32 Å². The van der Waals surface area contributed by atoms with Crippen molar-refractivity contribution >= 4 is 33.6 Å². The average molecular weight is 439 g/mol. The van der Waals surface area contributed by atoms with E-state index in [0.29, 0.717) is 0 Å². The third-order valence-corrected chi connectivity index (χ3v) is 6.93. The number of amides is 4. The molecule has 12 nitrogen and oxygen atoms in total. The number of sulfonamides is 1. The molecule has 0 atom stereocenters. The molecular formula is C17H21N5O7S. The van der Waals surface area contributed by atoms with E-state index in [0.717, 1.165) is 17.0 Å². The van der Waals surface area contributed by atoms with Crippen LogP contribution in [0.2, 0.25) is 0 Å². The maximum Gasteiger partial charge on any atom is 0.325 e. The molecule has 0 unspecified atom stereocenters. The Morgan fingerprint density at radius 1 is 1.13 bits per heavy atom. The summed E-state index contributed by atoms with van der Waals surface area (Å²) < 4.78 is 26.6. The highest BCUT2D eigenvalue weighted by Crippen LogP contribution is 2.21. The fourth-order valence-corrected chi connectivity index (χ4v) is 4.69. The van der Waals surface area contributed by atoms with E-state index in [9.17, 15) is 32.9 Å². The fraction of sp³-hybridized carbons (Fsp3) is 0.471. The molecule has 0 saturated carbocycles. The Balaban J connectivity index is 1.61. The van der Waals surface area contributed by atoms with Crippen molar-refractivity contribution in [1.82, 2.24) is 19.4 Å². The Kier molecular flexibility index (Phi) is 5.52. The summed E-state index contributed by atoms with van der Waals surface area (Å²) in [5, 5.41) is 13.2. The predicted octanol–water partition coefficient (Wildman–Crippen LogP) is -0.242. The predicted molar refractivity (Wildman–Crippen MR) is 103 cm³/mol. The topological polar surface area (TPSA) is 150 Å². The van der Waals surface area contributed by atoms with Gasteiger partial charge in [0, 0.05) is 38.3 Å². The first-order chi connectivity index (χ1) is 13.9. The molecule has 162 valence electrons. The van der Waals surface area contributed by atoms with Crippen molar-refractivity contribution in [2.24, 2.45) is 0 Å². The Morgan fingerprint density at radius 2 is 1.70 bits per heavy atom. The monoisotopic (exact) mass is 439 g/mol. The molecule has 1 aromatic carbocycles. The van der Waals surface area contributed by atoms with Crippen LogP contribution in [0.4, 0.5) is 10.5 Å². The summed E-state index contributed by atoms with van der Waals surface area (Å²) >= 11 is 0.